The summed E-state index contributed by atoms with van der Waals surface area (Å²) in [6, 6.07) is 5.99. The first-order valence-corrected chi connectivity index (χ1v) is 6.41. The number of aryl methyl sites for hydroxylation is 1. The Kier molecular flexibility index (Phi) is 3.15. The molecule has 104 valence electrons. The largest absolute Gasteiger partial charge is 0.493 e. The predicted molar refractivity (Wildman–Crippen MR) is 75.9 cm³/mol. The molecule has 0 aromatic carbocycles. The molecule has 6 heteroatoms. The van der Waals surface area contributed by atoms with Crippen molar-refractivity contribution in [1.29, 1.82) is 0 Å². The molecule has 0 bridgehead atoms. The van der Waals surface area contributed by atoms with Crippen molar-refractivity contribution in [3.63, 3.8) is 0 Å². The van der Waals surface area contributed by atoms with Gasteiger partial charge in [0.25, 0.3) is 0 Å². The molecule has 0 saturated carbocycles. The van der Waals surface area contributed by atoms with Crippen LogP contribution in [0.4, 0.5) is 0 Å². The predicted octanol–water partition coefficient (Wildman–Crippen LogP) is 1.39. The first kappa shape index (κ1) is 12.7. The number of rotatable bonds is 4. The number of fused-ring (bicyclic) bond motifs is 1. The highest BCUT2D eigenvalue weighted by atomic mass is 16.5. The van der Waals surface area contributed by atoms with Crippen LogP contribution in [0.3, 0.4) is 0 Å². The fraction of sp³-hybridized carbons (Fsp3) is 0.286. The van der Waals surface area contributed by atoms with Crippen LogP contribution in [0.1, 0.15) is 17.3 Å². The first-order valence-electron chi connectivity index (χ1n) is 6.41. The highest BCUT2D eigenvalue weighted by Gasteiger charge is 2.23. The molecular formula is C14H17N5O. The van der Waals surface area contributed by atoms with Gasteiger partial charge in [-0.05, 0) is 19.2 Å². The maximum Gasteiger partial charge on any atom is 0.161 e. The normalized spacial score (nSPS) is 12.8. The number of hydrogen-bond donors (Lipinski definition) is 1. The molecule has 0 radical (unpaired) electrons. The van der Waals surface area contributed by atoms with E-state index in [2.05, 4.69) is 21.6 Å². The zero-order valence-corrected chi connectivity index (χ0v) is 11.7. The second kappa shape index (κ2) is 4.97. The van der Waals surface area contributed by atoms with Gasteiger partial charge in [0.1, 0.15) is 5.69 Å². The van der Waals surface area contributed by atoms with Gasteiger partial charge in [0.15, 0.2) is 5.75 Å². The smallest absolute Gasteiger partial charge is 0.161 e. The summed E-state index contributed by atoms with van der Waals surface area (Å²) >= 11 is 0. The molecule has 1 unspecified atom stereocenters. The van der Waals surface area contributed by atoms with Crippen LogP contribution in [-0.2, 0) is 7.05 Å². The number of methoxy groups -OCH3 is 1. The van der Waals surface area contributed by atoms with Crippen LogP contribution in [0.5, 0.6) is 5.75 Å². The molecule has 0 aliphatic carbocycles. The quantitative estimate of drug-likeness (QED) is 0.779. The lowest BCUT2D eigenvalue weighted by Gasteiger charge is -2.17. The molecule has 3 rings (SSSR count). The van der Waals surface area contributed by atoms with E-state index in [1.165, 1.54) is 0 Å². The van der Waals surface area contributed by atoms with Gasteiger partial charge in [-0.1, -0.05) is 6.07 Å². The second-order valence-corrected chi connectivity index (χ2v) is 4.57. The molecule has 3 aromatic heterocycles. The monoisotopic (exact) mass is 271 g/mol. The average molecular weight is 271 g/mol. The van der Waals surface area contributed by atoms with Crippen LogP contribution in [0, 0.1) is 0 Å². The van der Waals surface area contributed by atoms with Gasteiger partial charge in [-0.15, -0.1) is 0 Å². The Labute approximate surface area is 117 Å². The van der Waals surface area contributed by atoms with E-state index in [4.69, 9.17) is 4.74 Å². The molecule has 0 spiro atoms. The van der Waals surface area contributed by atoms with Crippen molar-refractivity contribution >= 4 is 5.52 Å². The Morgan fingerprint density at radius 2 is 2.10 bits per heavy atom. The third kappa shape index (κ3) is 1.85. The van der Waals surface area contributed by atoms with Gasteiger partial charge in [0.05, 0.1) is 31.1 Å². The standard InChI is InChI=1S/C14H17N5O/c1-15-13(14-12(20-3)9-16-18(14)2)10-8-17-19-7-5-4-6-11(10)19/h4-9,13,15H,1-3H3. The minimum atomic E-state index is -0.0302. The molecule has 0 aliphatic rings. The van der Waals surface area contributed by atoms with E-state index in [0.29, 0.717) is 0 Å². The number of ether oxygens (including phenoxy) is 1. The second-order valence-electron chi connectivity index (χ2n) is 4.57. The van der Waals surface area contributed by atoms with Crippen molar-refractivity contribution in [2.24, 2.45) is 7.05 Å². The van der Waals surface area contributed by atoms with Gasteiger partial charge in [-0.3, -0.25) is 4.68 Å². The number of nitrogens with one attached hydrogen (secondary N) is 1. The van der Waals surface area contributed by atoms with E-state index in [9.17, 15) is 0 Å². The van der Waals surface area contributed by atoms with Crippen LogP contribution in [0.25, 0.3) is 5.52 Å². The summed E-state index contributed by atoms with van der Waals surface area (Å²) in [6.45, 7) is 0. The van der Waals surface area contributed by atoms with Crippen molar-refractivity contribution in [1.82, 2.24) is 24.7 Å². The summed E-state index contributed by atoms with van der Waals surface area (Å²) in [4.78, 5) is 0. The molecule has 1 N–H and O–H groups in total. The van der Waals surface area contributed by atoms with Gasteiger partial charge in [0.2, 0.25) is 0 Å². The van der Waals surface area contributed by atoms with Crippen LogP contribution in [-0.4, -0.2) is 33.6 Å². The molecule has 20 heavy (non-hydrogen) atoms. The molecule has 6 nitrogen and oxygen atoms in total. The zero-order chi connectivity index (χ0) is 14.1. The summed E-state index contributed by atoms with van der Waals surface area (Å²) in [6.07, 6.45) is 5.54. The van der Waals surface area contributed by atoms with Gasteiger partial charge in [0, 0.05) is 18.8 Å². The first-order chi connectivity index (χ1) is 9.76. The van der Waals surface area contributed by atoms with E-state index in [-0.39, 0.29) is 6.04 Å². The maximum atomic E-state index is 5.41. The molecule has 3 heterocycles. The Hall–Kier alpha value is -2.34. The minimum Gasteiger partial charge on any atom is -0.493 e. The van der Waals surface area contributed by atoms with Crippen LogP contribution in [0.15, 0.2) is 36.8 Å². The summed E-state index contributed by atoms with van der Waals surface area (Å²) in [7, 11) is 5.49. The fourth-order valence-electron chi connectivity index (χ4n) is 2.53. The van der Waals surface area contributed by atoms with Crippen LogP contribution < -0.4 is 10.1 Å². The molecule has 0 saturated heterocycles. The van der Waals surface area contributed by atoms with E-state index < -0.39 is 0 Å². The Balaban J connectivity index is 2.16. The van der Waals surface area contributed by atoms with Crippen molar-refractivity contribution in [2.75, 3.05) is 14.2 Å². The van der Waals surface area contributed by atoms with Gasteiger partial charge in [-0.2, -0.15) is 10.2 Å². The summed E-state index contributed by atoms with van der Waals surface area (Å²) in [5, 5.41) is 12.0. The molecule has 3 aromatic rings. The van der Waals surface area contributed by atoms with Crippen molar-refractivity contribution in [2.45, 2.75) is 6.04 Å². The summed E-state index contributed by atoms with van der Waals surface area (Å²) in [5.74, 6) is 0.766. The summed E-state index contributed by atoms with van der Waals surface area (Å²) < 4.78 is 9.10. The van der Waals surface area contributed by atoms with Gasteiger partial charge in [-0.25, -0.2) is 4.52 Å². The highest BCUT2D eigenvalue weighted by Crippen LogP contribution is 2.31. The van der Waals surface area contributed by atoms with Crippen molar-refractivity contribution in [3.05, 3.63) is 48.0 Å². The number of pyridine rings is 1. The highest BCUT2D eigenvalue weighted by molar-refractivity contribution is 5.57. The number of nitrogens with zero attached hydrogens (tertiary/aromatic N) is 4. The average Bonchev–Trinajstić information content (AvgIpc) is 3.06. The molecule has 0 fully saturated rings. The third-order valence-electron chi connectivity index (χ3n) is 3.50. The maximum absolute atomic E-state index is 5.41. The minimum absolute atomic E-state index is 0.0302. The molecular weight excluding hydrogens is 254 g/mol. The lowest BCUT2D eigenvalue weighted by atomic mass is 10.0. The summed E-state index contributed by atoms with van der Waals surface area (Å²) in [5.41, 5.74) is 3.14. The Morgan fingerprint density at radius 1 is 1.25 bits per heavy atom. The van der Waals surface area contributed by atoms with Crippen LogP contribution in [0.2, 0.25) is 0 Å². The van der Waals surface area contributed by atoms with Crippen LogP contribution >= 0.6 is 0 Å². The van der Waals surface area contributed by atoms with Gasteiger partial charge < -0.3 is 10.1 Å². The Bertz CT molecular complexity index is 730. The zero-order valence-electron chi connectivity index (χ0n) is 11.7. The third-order valence-corrected chi connectivity index (χ3v) is 3.50. The molecule has 1 atom stereocenters. The molecule has 0 amide bonds. The van der Waals surface area contributed by atoms with E-state index in [1.54, 1.807) is 13.3 Å². The lowest BCUT2D eigenvalue weighted by Crippen LogP contribution is -2.21. The number of aromatic nitrogens is 4. The van der Waals surface area contributed by atoms with E-state index in [1.807, 2.05) is 47.8 Å². The lowest BCUT2D eigenvalue weighted by molar-refractivity contribution is 0.403. The van der Waals surface area contributed by atoms with Crippen molar-refractivity contribution < 1.29 is 4.74 Å². The topological polar surface area (TPSA) is 56.4 Å². The Morgan fingerprint density at radius 3 is 2.85 bits per heavy atom. The number of hydrogen-bond acceptors (Lipinski definition) is 4. The molecule has 0 aliphatic heterocycles. The van der Waals surface area contributed by atoms with E-state index in [0.717, 1.165) is 22.5 Å². The van der Waals surface area contributed by atoms with E-state index >= 15 is 0 Å². The SMILES string of the molecule is CNC(c1cnn2ccccc12)c1c(OC)cnn1C. The fourth-order valence-corrected chi connectivity index (χ4v) is 2.53. The van der Waals surface area contributed by atoms with Crippen molar-refractivity contribution in [3.8, 4) is 5.75 Å². The van der Waals surface area contributed by atoms with Gasteiger partial charge >= 0.3 is 0 Å².